The largest absolute Gasteiger partial charge is 0.458 e. The van der Waals surface area contributed by atoms with Crippen molar-refractivity contribution in [2.24, 2.45) is 0 Å². The highest BCUT2D eigenvalue weighted by atomic mass is 16.6. The van der Waals surface area contributed by atoms with E-state index in [1.54, 1.807) is 20.8 Å². The number of likely N-dealkylation sites (tertiary alicyclic amines) is 1. The van der Waals surface area contributed by atoms with E-state index >= 15 is 0 Å². The van der Waals surface area contributed by atoms with Crippen molar-refractivity contribution in [2.75, 3.05) is 19.8 Å². The van der Waals surface area contributed by atoms with E-state index in [4.69, 9.17) is 14.2 Å². The highest BCUT2D eigenvalue weighted by molar-refractivity contribution is 5.71. The predicted molar refractivity (Wildman–Crippen MR) is 94.4 cm³/mol. The van der Waals surface area contributed by atoms with Crippen molar-refractivity contribution in [3.05, 3.63) is 35.9 Å². The summed E-state index contributed by atoms with van der Waals surface area (Å²) in [5.74, 6) is -0.455. The van der Waals surface area contributed by atoms with E-state index in [0.717, 1.165) is 5.56 Å². The lowest BCUT2D eigenvalue weighted by molar-refractivity contribution is -0.162. The number of esters is 1. The standard InChI is InChI=1S/C19H27NO6/c1-19(2,3)26-17(22)13-24-16-9-15(11-21)20(10-16)18(23)25-12-14-7-5-4-6-8-14/h4-8,15-16,21H,9-13H2,1-3H3/t15-,16?/m1/s1. The van der Waals surface area contributed by atoms with Gasteiger partial charge in [0.05, 0.1) is 25.3 Å². The van der Waals surface area contributed by atoms with Crippen molar-refractivity contribution in [1.29, 1.82) is 0 Å². The van der Waals surface area contributed by atoms with Gasteiger partial charge >= 0.3 is 12.1 Å². The van der Waals surface area contributed by atoms with Crippen LogP contribution in [0.3, 0.4) is 0 Å². The van der Waals surface area contributed by atoms with E-state index in [1.807, 2.05) is 30.3 Å². The van der Waals surface area contributed by atoms with Crippen LogP contribution in [0.2, 0.25) is 0 Å². The number of hydrogen-bond donors (Lipinski definition) is 1. The predicted octanol–water partition coefficient (Wildman–Crippen LogP) is 2.12. The van der Waals surface area contributed by atoms with Crippen LogP contribution in [0.15, 0.2) is 30.3 Å². The molecule has 1 aromatic carbocycles. The second kappa shape index (κ2) is 9.00. The maximum atomic E-state index is 12.3. The molecule has 1 aliphatic heterocycles. The summed E-state index contributed by atoms with van der Waals surface area (Å²) in [5, 5.41) is 9.52. The SMILES string of the molecule is CC(C)(C)OC(=O)COC1C[C@H](CO)N(C(=O)OCc2ccccc2)C1. The lowest BCUT2D eigenvalue weighted by Crippen LogP contribution is -2.38. The molecule has 26 heavy (non-hydrogen) atoms. The summed E-state index contributed by atoms with van der Waals surface area (Å²) in [6.07, 6.45) is -0.403. The van der Waals surface area contributed by atoms with Gasteiger partial charge in [-0.3, -0.25) is 0 Å². The molecule has 0 aliphatic carbocycles. The molecular formula is C19H27NO6. The summed E-state index contributed by atoms with van der Waals surface area (Å²) in [6, 6.07) is 8.98. The van der Waals surface area contributed by atoms with E-state index in [0.29, 0.717) is 6.42 Å². The molecule has 0 bridgehead atoms. The number of nitrogens with zero attached hydrogens (tertiary/aromatic N) is 1. The molecule has 7 heteroatoms. The summed E-state index contributed by atoms with van der Waals surface area (Å²) in [5.41, 5.74) is 0.315. The second-order valence-corrected chi connectivity index (χ2v) is 7.28. The zero-order valence-corrected chi connectivity index (χ0v) is 15.5. The fraction of sp³-hybridized carbons (Fsp3) is 0.579. The van der Waals surface area contributed by atoms with Gasteiger partial charge in [0.15, 0.2) is 0 Å². The first kappa shape index (κ1) is 20.2. The molecule has 7 nitrogen and oxygen atoms in total. The summed E-state index contributed by atoms with van der Waals surface area (Å²) < 4.78 is 16.1. The smallest absolute Gasteiger partial charge is 0.410 e. The minimum Gasteiger partial charge on any atom is -0.458 e. The van der Waals surface area contributed by atoms with Gasteiger partial charge in [0.2, 0.25) is 0 Å². The molecule has 1 saturated heterocycles. The third-order valence-corrected chi connectivity index (χ3v) is 3.88. The van der Waals surface area contributed by atoms with Gasteiger partial charge < -0.3 is 24.2 Å². The topological polar surface area (TPSA) is 85.3 Å². The molecular weight excluding hydrogens is 338 g/mol. The fourth-order valence-electron chi connectivity index (χ4n) is 2.75. The number of carbonyl (C=O) groups excluding carboxylic acids is 2. The first-order valence-corrected chi connectivity index (χ1v) is 8.70. The Hall–Kier alpha value is -2.12. The van der Waals surface area contributed by atoms with Crippen LogP contribution in [0.25, 0.3) is 0 Å². The van der Waals surface area contributed by atoms with Crippen molar-refractivity contribution >= 4 is 12.1 Å². The van der Waals surface area contributed by atoms with Gasteiger partial charge in [-0.25, -0.2) is 9.59 Å². The quantitative estimate of drug-likeness (QED) is 0.777. The average molecular weight is 365 g/mol. The average Bonchev–Trinajstić information content (AvgIpc) is 3.01. The van der Waals surface area contributed by atoms with Crippen LogP contribution in [0.4, 0.5) is 4.79 Å². The van der Waals surface area contributed by atoms with Gasteiger partial charge in [-0.15, -0.1) is 0 Å². The molecule has 0 spiro atoms. The van der Waals surface area contributed by atoms with Crippen LogP contribution in [-0.4, -0.2) is 59.6 Å². The van der Waals surface area contributed by atoms with Gasteiger partial charge in [0, 0.05) is 0 Å². The molecule has 1 N–H and O–H groups in total. The third kappa shape index (κ3) is 6.31. The van der Waals surface area contributed by atoms with Crippen LogP contribution in [-0.2, 0) is 25.6 Å². The van der Waals surface area contributed by atoms with Crippen LogP contribution in [0, 0.1) is 0 Å². The number of hydrogen-bond acceptors (Lipinski definition) is 6. The number of aliphatic hydroxyl groups is 1. The Morgan fingerprint density at radius 3 is 2.54 bits per heavy atom. The van der Waals surface area contributed by atoms with Crippen molar-refractivity contribution < 1.29 is 28.9 Å². The molecule has 0 radical (unpaired) electrons. The molecule has 1 amide bonds. The van der Waals surface area contributed by atoms with Crippen molar-refractivity contribution in [3.63, 3.8) is 0 Å². The van der Waals surface area contributed by atoms with Crippen LogP contribution < -0.4 is 0 Å². The molecule has 144 valence electrons. The molecule has 1 aliphatic rings. The van der Waals surface area contributed by atoms with Crippen LogP contribution >= 0.6 is 0 Å². The fourth-order valence-corrected chi connectivity index (χ4v) is 2.75. The van der Waals surface area contributed by atoms with E-state index in [9.17, 15) is 14.7 Å². The molecule has 2 rings (SSSR count). The molecule has 0 saturated carbocycles. The lowest BCUT2D eigenvalue weighted by Gasteiger charge is -2.22. The Bertz CT molecular complexity index is 598. The highest BCUT2D eigenvalue weighted by Crippen LogP contribution is 2.22. The van der Waals surface area contributed by atoms with Gasteiger partial charge in [-0.1, -0.05) is 30.3 Å². The molecule has 2 atom stereocenters. The molecule has 1 fully saturated rings. The number of aliphatic hydroxyl groups excluding tert-OH is 1. The summed E-state index contributed by atoms with van der Waals surface area (Å²) >= 11 is 0. The van der Waals surface area contributed by atoms with Gasteiger partial charge in [0.1, 0.15) is 18.8 Å². The zero-order chi connectivity index (χ0) is 19.2. The molecule has 0 aromatic heterocycles. The number of benzene rings is 1. The number of ether oxygens (including phenoxy) is 3. The Morgan fingerprint density at radius 1 is 1.23 bits per heavy atom. The number of carbonyl (C=O) groups is 2. The summed E-state index contributed by atoms with van der Waals surface area (Å²) in [4.78, 5) is 25.5. The summed E-state index contributed by atoms with van der Waals surface area (Å²) in [7, 11) is 0. The maximum absolute atomic E-state index is 12.3. The Labute approximate surface area is 153 Å². The Morgan fingerprint density at radius 2 is 1.92 bits per heavy atom. The normalized spacial score (nSPS) is 20.1. The van der Waals surface area contributed by atoms with Gasteiger partial charge in [-0.2, -0.15) is 0 Å². The van der Waals surface area contributed by atoms with Gasteiger partial charge in [-0.05, 0) is 32.8 Å². The third-order valence-electron chi connectivity index (χ3n) is 3.88. The van der Waals surface area contributed by atoms with Crippen molar-refractivity contribution in [2.45, 2.75) is 51.5 Å². The zero-order valence-electron chi connectivity index (χ0n) is 15.5. The Kier molecular flexibility index (Phi) is 6.99. The summed E-state index contributed by atoms with van der Waals surface area (Å²) in [6.45, 7) is 5.41. The van der Waals surface area contributed by atoms with E-state index in [-0.39, 0.29) is 38.5 Å². The number of amides is 1. The van der Waals surface area contributed by atoms with Crippen molar-refractivity contribution in [1.82, 2.24) is 4.90 Å². The first-order valence-electron chi connectivity index (χ1n) is 8.70. The monoisotopic (exact) mass is 365 g/mol. The molecule has 1 heterocycles. The minimum atomic E-state index is -0.572. The van der Waals surface area contributed by atoms with Crippen LogP contribution in [0.5, 0.6) is 0 Å². The maximum Gasteiger partial charge on any atom is 0.410 e. The lowest BCUT2D eigenvalue weighted by atomic mass is 10.2. The van der Waals surface area contributed by atoms with E-state index in [1.165, 1.54) is 4.90 Å². The van der Waals surface area contributed by atoms with Gasteiger partial charge in [0.25, 0.3) is 0 Å². The van der Waals surface area contributed by atoms with Crippen molar-refractivity contribution in [3.8, 4) is 0 Å². The van der Waals surface area contributed by atoms with E-state index < -0.39 is 17.7 Å². The van der Waals surface area contributed by atoms with E-state index in [2.05, 4.69) is 0 Å². The first-order chi connectivity index (χ1) is 12.3. The second-order valence-electron chi connectivity index (χ2n) is 7.28. The molecule has 1 unspecified atom stereocenters. The van der Waals surface area contributed by atoms with Crippen LogP contribution in [0.1, 0.15) is 32.8 Å². The highest BCUT2D eigenvalue weighted by Gasteiger charge is 2.36. The Balaban J connectivity index is 1.81. The minimum absolute atomic E-state index is 0.164. The molecule has 1 aromatic rings. The number of rotatable bonds is 6.